The zero-order valence-electron chi connectivity index (χ0n) is 15.4. The average molecular weight is 349 g/mol. The number of anilines is 2. The van der Waals surface area contributed by atoms with Gasteiger partial charge in [0.1, 0.15) is 11.6 Å². The molecule has 6 heteroatoms. The molecule has 0 fully saturated rings. The Morgan fingerprint density at radius 2 is 1.62 bits per heavy atom. The van der Waals surface area contributed by atoms with Gasteiger partial charge in [-0.05, 0) is 42.2 Å². The predicted octanol–water partition coefficient (Wildman–Crippen LogP) is 4.52. The largest absolute Gasteiger partial charge is 0.323 e. The van der Waals surface area contributed by atoms with Gasteiger partial charge in [-0.2, -0.15) is 0 Å². The Hall–Kier alpha value is -3.15. The van der Waals surface area contributed by atoms with Gasteiger partial charge in [-0.25, -0.2) is 14.8 Å². The summed E-state index contributed by atoms with van der Waals surface area (Å²) in [5.41, 5.74) is 2.67. The van der Waals surface area contributed by atoms with E-state index in [-0.39, 0.29) is 11.4 Å². The first-order chi connectivity index (χ1) is 12.3. The standard InChI is InChI=1S/C20H23N5O/c1-14-21-11-12-25(14)18-10-9-17(13-22-18)24-19(26)23-16-7-5-15(6-8-16)20(2,3)4/h5-13H,1-4H3,(H2,23,24,26). The van der Waals surface area contributed by atoms with Crippen LogP contribution < -0.4 is 10.6 Å². The summed E-state index contributed by atoms with van der Waals surface area (Å²) >= 11 is 0. The zero-order valence-corrected chi connectivity index (χ0v) is 15.4. The Balaban J connectivity index is 1.62. The highest BCUT2D eigenvalue weighted by atomic mass is 16.2. The maximum absolute atomic E-state index is 12.2. The van der Waals surface area contributed by atoms with Gasteiger partial charge in [0.05, 0.1) is 11.9 Å². The van der Waals surface area contributed by atoms with Crippen LogP contribution in [0, 0.1) is 6.92 Å². The Morgan fingerprint density at radius 3 is 2.15 bits per heavy atom. The Morgan fingerprint density at radius 1 is 0.962 bits per heavy atom. The molecule has 0 aliphatic heterocycles. The number of nitrogens with zero attached hydrogens (tertiary/aromatic N) is 3. The van der Waals surface area contributed by atoms with Crippen LogP contribution in [0.5, 0.6) is 0 Å². The molecule has 0 bridgehead atoms. The minimum absolute atomic E-state index is 0.0851. The molecule has 6 nitrogen and oxygen atoms in total. The summed E-state index contributed by atoms with van der Waals surface area (Å²) in [6.45, 7) is 8.38. The van der Waals surface area contributed by atoms with Gasteiger partial charge in [0.15, 0.2) is 0 Å². The molecule has 26 heavy (non-hydrogen) atoms. The molecule has 2 heterocycles. The molecule has 0 aliphatic rings. The van der Waals surface area contributed by atoms with Crippen molar-refractivity contribution in [1.82, 2.24) is 14.5 Å². The topological polar surface area (TPSA) is 71.8 Å². The molecular weight excluding hydrogens is 326 g/mol. The van der Waals surface area contributed by atoms with E-state index in [0.717, 1.165) is 17.3 Å². The van der Waals surface area contributed by atoms with E-state index in [2.05, 4.69) is 41.4 Å². The summed E-state index contributed by atoms with van der Waals surface area (Å²) in [5.74, 6) is 1.61. The van der Waals surface area contributed by atoms with Gasteiger partial charge >= 0.3 is 6.03 Å². The van der Waals surface area contributed by atoms with Crippen LogP contribution in [-0.4, -0.2) is 20.6 Å². The van der Waals surface area contributed by atoms with Gasteiger partial charge < -0.3 is 10.6 Å². The van der Waals surface area contributed by atoms with E-state index in [1.807, 2.05) is 54.1 Å². The van der Waals surface area contributed by atoms with Crippen LogP contribution in [-0.2, 0) is 5.41 Å². The zero-order chi connectivity index (χ0) is 18.7. The van der Waals surface area contributed by atoms with Crippen molar-refractivity contribution >= 4 is 17.4 Å². The van der Waals surface area contributed by atoms with Crippen molar-refractivity contribution in [1.29, 1.82) is 0 Å². The number of carbonyl (C=O) groups is 1. The molecule has 3 aromatic rings. The van der Waals surface area contributed by atoms with Gasteiger partial charge in [0, 0.05) is 18.1 Å². The highest BCUT2D eigenvalue weighted by Gasteiger charge is 2.13. The van der Waals surface area contributed by atoms with Crippen LogP contribution in [0.4, 0.5) is 16.2 Å². The van der Waals surface area contributed by atoms with Crippen LogP contribution in [0.3, 0.4) is 0 Å². The van der Waals surface area contributed by atoms with Crippen molar-refractivity contribution in [3.05, 3.63) is 66.4 Å². The number of nitrogens with one attached hydrogen (secondary N) is 2. The molecule has 0 aliphatic carbocycles. The van der Waals surface area contributed by atoms with Gasteiger partial charge in [0.2, 0.25) is 0 Å². The molecule has 0 saturated carbocycles. The molecule has 0 atom stereocenters. The minimum Gasteiger partial charge on any atom is -0.308 e. The number of hydrogen-bond acceptors (Lipinski definition) is 3. The number of benzene rings is 1. The second-order valence-corrected chi connectivity index (χ2v) is 7.16. The summed E-state index contributed by atoms with van der Waals surface area (Å²) in [5, 5.41) is 5.61. The van der Waals surface area contributed by atoms with Crippen molar-refractivity contribution in [2.75, 3.05) is 10.6 Å². The fourth-order valence-corrected chi connectivity index (χ4v) is 2.57. The molecule has 0 radical (unpaired) electrons. The van der Waals surface area contributed by atoms with E-state index in [4.69, 9.17) is 0 Å². The van der Waals surface area contributed by atoms with Gasteiger partial charge in [-0.15, -0.1) is 0 Å². The predicted molar refractivity (Wildman–Crippen MR) is 104 cm³/mol. The Bertz CT molecular complexity index is 889. The summed E-state index contributed by atoms with van der Waals surface area (Å²) in [6, 6.07) is 11.2. The molecule has 2 aromatic heterocycles. The molecule has 1 aromatic carbocycles. The van der Waals surface area contributed by atoms with E-state index in [1.165, 1.54) is 5.56 Å². The fraction of sp³-hybridized carbons (Fsp3) is 0.250. The molecular formula is C20H23N5O. The van der Waals surface area contributed by atoms with Gasteiger partial charge in [-0.3, -0.25) is 4.57 Å². The third-order valence-corrected chi connectivity index (χ3v) is 4.09. The summed E-state index contributed by atoms with van der Waals surface area (Å²) in [6.07, 6.45) is 5.19. The van der Waals surface area contributed by atoms with Crippen molar-refractivity contribution in [2.45, 2.75) is 33.1 Å². The summed E-state index contributed by atoms with van der Waals surface area (Å²) in [7, 11) is 0. The van der Waals surface area contributed by atoms with Crippen LogP contribution >= 0.6 is 0 Å². The van der Waals surface area contributed by atoms with E-state index in [0.29, 0.717) is 5.69 Å². The van der Waals surface area contributed by atoms with Crippen LogP contribution in [0.15, 0.2) is 55.0 Å². The molecule has 2 amide bonds. The lowest BCUT2D eigenvalue weighted by Crippen LogP contribution is -2.19. The van der Waals surface area contributed by atoms with Crippen LogP contribution in [0.2, 0.25) is 0 Å². The molecule has 134 valence electrons. The third-order valence-electron chi connectivity index (χ3n) is 4.09. The fourth-order valence-electron chi connectivity index (χ4n) is 2.57. The number of aryl methyl sites for hydroxylation is 1. The first-order valence-electron chi connectivity index (χ1n) is 8.48. The SMILES string of the molecule is Cc1nccn1-c1ccc(NC(=O)Nc2ccc(C(C)(C)C)cc2)cn1. The number of rotatable bonds is 3. The van der Waals surface area contributed by atoms with E-state index in [9.17, 15) is 4.79 Å². The number of amides is 2. The summed E-state index contributed by atoms with van der Waals surface area (Å²) in [4.78, 5) is 20.7. The van der Waals surface area contributed by atoms with Crippen molar-refractivity contribution in [3.8, 4) is 5.82 Å². The van der Waals surface area contributed by atoms with Crippen molar-refractivity contribution < 1.29 is 4.79 Å². The Labute approximate surface area is 153 Å². The highest BCUT2D eigenvalue weighted by molar-refractivity contribution is 5.99. The Kier molecular flexibility index (Phi) is 4.75. The maximum Gasteiger partial charge on any atom is 0.323 e. The van der Waals surface area contributed by atoms with Crippen molar-refractivity contribution in [2.24, 2.45) is 0 Å². The van der Waals surface area contributed by atoms with Crippen LogP contribution in [0.25, 0.3) is 5.82 Å². The molecule has 0 unspecified atom stereocenters. The van der Waals surface area contributed by atoms with Gasteiger partial charge in [0.25, 0.3) is 0 Å². The summed E-state index contributed by atoms with van der Waals surface area (Å²) < 4.78 is 1.88. The molecule has 0 saturated heterocycles. The van der Waals surface area contributed by atoms with Crippen LogP contribution in [0.1, 0.15) is 32.2 Å². The van der Waals surface area contributed by atoms with Gasteiger partial charge in [-0.1, -0.05) is 32.9 Å². The molecule has 0 spiro atoms. The quantitative estimate of drug-likeness (QED) is 0.730. The molecule has 2 N–H and O–H groups in total. The lowest BCUT2D eigenvalue weighted by Gasteiger charge is -2.19. The van der Waals surface area contributed by atoms with Crippen molar-refractivity contribution in [3.63, 3.8) is 0 Å². The number of pyridine rings is 1. The normalized spacial score (nSPS) is 11.2. The smallest absolute Gasteiger partial charge is 0.308 e. The third kappa shape index (κ3) is 4.08. The van der Waals surface area contributed by atoms with E-state index >= 15 is 0 Å². The van der Waals surface area contributed by atoms with E-state index < -0.39 is 0 Å². The maximum atomic E-state index is 12.2. The minimum atomic E-state index is -0.304. The number of aromatic nitrogens is 3. The second kappa shape index (κ2) is 7.00. The lowest BCUT2D eigenvalue weighted by molar-refractivity contribution is 0.262. The average Bonchev–Trinajstić information content (AvgIpc) is 3.01. The first-order valence-corrected chi connectivity index (χ1v) is 8.48. The lowest BCUT2D eigenvalue weighted by atomic mass is 9.87. The number of urea groups is 1. The number of hydrogen-bond donors (Lipinski definition) is 2. The number of carbonyl (C=O) groups excluding carboxylic acids is 1. The van der Waals surface area contributed by atoms with E-state index in [1.54, 1.807) is 12.4 Å². The molecule has 3 rings (SSSR count). The highest BCUT2D eigenvalue weighted by Crippen LogP contribution is 2.23. The monoisotopic (exact) mass is 349 g/mol. The number of imidazole rings is 1. The first kappa shape index (κ1) is 17.7. The second-order valence-electron chi connectivity index (χ2n) is 7.16.